The third kappa shape index (κ3) is 7.24. The summed E-state index contributed by atoms with van der Waals surface area (Å²) in [5.41, 5.74) is 5.34. The molecule has 0 unspecified atom stereocenters. The zero-order valence-corrected chi connectivity index (χ0v) is 10.1. The van der Waals surface area contributed by atoms with E-state index in [-0.39, 0.29) is 4.97 Å². The molecule has 16 heavy (non-hydrogen) atoms. The Morgan fingerprint density at radius 2 is 2.00 bits per heavy atom. The first kappa shape index (κ1) is 14.9. The molecule has 0 heterocycles. The van der Waals surface area contributed by atoms with Gasteiger partial charge in [0, 0.05) is 11.0 Å². The molecule has 0 aliphatic carbocycles. The van der Waals surface area contributed by atoms with Crippen LogP contribution >= 0.6 is 0 Å². The summed E-state index contributed by atoms with van der Waals surface area (Å²) in [7, 11) is 0. The molecule has 7 nitrogen and oxygen atoms in total. The van der Waals surface area contributed by atoms with Crippen molar-refractivity contribution in [1.82, 2.24) is 10.3 Å². The number of hydrogen-bond acceptors (Lipinski definition) is 5. The van der Waals surface area contributed by atoms with Crippen LogP contribution in [0.4, 0.5) is 0 Å². The van der Waals surface area contributed by atoms with Crippen LogP contribution in [-0.2, 0) is 0 Å². The van der Waals surface area contributed by atoms with Gasteiger partial charge in [0.1, 0.15) is 0 Å². The average molecular weight is 232 g/mol. The Kier molecular flexibility index (Phi) is 8.55. The Hall–Kier alpha value is -1.08. The van der Waals surface area contributed by atoms with Crippen LogP contribution in [0.25, 0.3) is 0 Å². The number of hydrazine groups is 1. The van der Waals surface area contributed by atoms with Gasteiger partial charge < -0.3 is 21.5 Å². The van der Waals surface area contributed by atoms with Gasteiger partial charge in [-0.3, -0.25) is 0 Å². The Balaban J connectivity index is 3.83. The summed E-state index contributed by atoms with van der Waals surface area (Å²) in [5.74, 6) is 0. The number of rotatable bonds is 9. The minimum absolute atomic E-state index is 0.102. The molecule has 0 rings (SSSR count). The van der Waals surface area contributed by atoms with Gasteiger partial charge in [-0.05, 0) is 31.2 Å². The Labute approximate surface area is 96.4 Å². The summed E-state index contributed by atoms with van der Waals surface area (Å²) >= 11 is 0. The van der Waals surface area contributed by atoms with Crippen LogP contribution in [0.5, 0.6) is 0 Å². The smallest absolute Gasteiger partial charge is 0.0780 e. The number of hydrogen-bond donors (Lipinski definition) is 2. The summed E-state index contributed by atoms with van der Waals surface area (Å²) in [4.78, 5) is 0.102. The highest BCUT2D eigenvalue weighted by molar-refractivity contribution is 4.55. The third-order valence-corrected chi connectivity index (χ3v) is 2.08. The molecule has 0 radical (unpaired) electrons. The maximum Gasteiger partial charge on any atom is 0.0780 e. The zero-order chi connectivity index (χ0) is 12.4. The molecule has 0 atom stereocenters. The second-order valence-electron chi connectivity index (χ2n) is 3.89. The van der Waals surface area contributed by atoms with E-state index in [1.807, 2.05) is 0 Å². The molecule has 0 fully saturated rings. The lowest BCUT2D eigenvalue weighted by molar-refractivity contribution is -0.690. The molecule has 0 aliphatic rings. The highest BCUT2D eigenvalue weighted by Crippen LogP contribution is 1.95. The summed E-state index contributed by atoms with van der Waals surface area (Å²) in [5, 5.41) is 28.1. The van der Waals surface area contributed by atoms with Crippen LogP contribution in [-0.4, -0.2) is 42.2 Å². The first-order valence-electron chi connectivity index (χ1n) is 5.60. The normalized spacial score (nSPS) is 12.1. The van der Waals surface area contributed by atoms with Crippen molar-refractivity contribution in [2.24, 2.45) is 11.0 Å². The lowest BCUT2D eigenvalue weighted by Gasteiger charge is -2.19. The van der Waals surface area contributed by atoms with Gasteiger partial charge in [0.25, 0.3) is 0 Å². The number of nitrogens with zero attached hydrogens (tertiary/aromatic N) is 3. The molecule has 0 aromatic carbocycles. The fourth-order valence-electron chi connectivity index (χ4n) is 1.26. The van der Waals surface area contributed by atoms with Crippen molar-refractivity contribution in [3.05, 3.63) is 10.4 Å². The van der Waals surface area contributed by atoms with Crippen LogP contribution in [0.2, 0.25) is 0 Å². The second-order valence-corrected chi connectivity index (χ2v) is 3.89. The van der Waals surface area contributed by atoms with Crippen LogP contribution < -0.4 is 11.1 Å². The molecule has 3 N–H and O–H groups in total. The molecular formula is C9H22N5O2-. The van der Waals surface area contributed by atoms with E-state index >= 15 is 0 Å². The van der Waals surface area contributed by atoms with E-state index in [9.17, 15) is 10.4 Å². The van der Waals surface area contributed by atoms with Crippen molar-refractivity contribution in [3.8, 4) is 0 Å². The number of nitrogens with two attached hydrogens (primary N) is 1. The topological polar surface area (TPSA) is 103 Å². The molecule has 0 bridgehead atoms. The molecule has 0 amide bonds. The molecule has 96 valence electrons. The van der Waals surface area contributed by atoms with Gasteiger partial charge in [-0.25, -0.2) is 0 Å². The van der Waals surface area contributed by atoms with Gasteiger partial charge in [0.15, 0.2) is 0 Å². The van der Waals surface area contributed by atoms with Crippen molar-refractivity contribution < 1.29 is 4.97 Å². The Morgan fingerprint density at radius 1 is 1.38 bits per heavy atom. The van der Waals surface area contributed by atoms with Gasteiger partial charge >= 0.3 is 0 Å². The molecule has 0 aromatic heterocycles. The third-order valence-electron chi connectivity index (χ3n) is 2.08. The predicted molar refractivity (Wildman–Crippen MR) is 62.4 cm³/mol. The van der Waals surface area contributed by atoms with Crippen molar-refractivity contribution in [1.29, 1.82) is 0 Å². The monoisotopic (exact) mass is 232 g/mol. The van der Waals surface area contributed by atoms with Gasteiger partial charge in [-0.2, -0.15) is 0 Å². The summed E-state index contributed by atoms with van der Waals surface area (Å²) in [6.45, 7) is 6.39. The van der Waals surface area contributed by atoms with E-state index in [1.165, 1.54) is 5.01 Å². The second kappa shape index (κ2) is 9.17. The fraction of sp³-hybridized carbons (Fsp3) is 1.00. The molecule has 0 aromatic rings. The molecule has 0 saturated carbocycles. The maximum atomic E-state index is 11.0. The average Bonchev–Trinajstić information content (AvgIpc) is 2.26. The molecule has 0 aliphatic heterocycles. The SMILES string of the molecule is CC(C)NCCCN(CCCN)/[N+]([O-])=N/[O-]. The van der Waals surface area contributed by atoms with Crippen molar-refractivity contribution in [2.75, 3.05) is 26.2 Å². The minimum atomic E-state index is 0.102. The molecule has 0 spiro atoms. The van der Waals surface area contributed by atoms with E-state index in [1.54, 1.807) is 0 Å². The Morgan fingerprint density at radius 3 is 2.50 bits per heavy atom. The van der Waals surface area contributed by atoms with Crippen molar-refractivity contribution in [2.45, 2.75) is 32.7 Å². The number of nitrogens with one attached hydrogen (secondary N) is 1. The highest BCUT2D eigenvalue weighted by atomic mass is 16.6. The van der Waals surface area contributed by atoms with E-state index < -0.39 is 0 Å². The summed E-state index contributed by atoms with van der Waals surface area (Å²) in [6, 6.07) is 0.421. The first-order chi connectivity index (χ1) is 7.61. The maximum absolute atomic E-state index is 11.0. The summed E-state index contributed by atoms with van der Waals surface area (Å²) < 4.78 is 0. The van der Waals surface area contributed by atoms with Crippen LogP contribution in [0, 0.1) is 10.4 Å². The van der Waals surface area contributed by atoms with Crippen LogP contribution in [0.1, 0.15) is 26.7 Å². The molecule has 7 heteroatoms. The van der Waals surface area contributed by atoms with Gasteiger partial charge in [0.2, 0.25) is 0 Å². The quantitative estimate of drug-likeness (QED) is 0.259. The van der Waals surface area contributed by atoms with Crippen molar-refractivity contribution in [3.63, 3.8) is 0 Å². The van der Waals surface area contributed by atoms with E-state index in [4.69, 9.17) is 5.73 Å². The van der Waals surface area contributed by atoms with E-state index in [2.05, 4.69) is 24.4 Å². The Bertz CT molecular complexity index is 198. The van der Waals surface area contributed by atoms with Gasteiger partial charge in [-0.1, -0.05) is 13.8 Å². The fourth-order valence-corrected chi connectivity index (χ4v) is 1.26. The zero-order valence-electron chi connectivity index (χ0n) is 10.1. The lowest BCUT2D eigenvalue weighted by Crippen LogP contribution is -2.35. The summed E-state index contributed by atoms with van der Waals surface area (Å²) in [6.07, 6.45) is 1.46. The van der Waals surface area contributed by atoms with E-state index in [0.29, 0.717) is 32.1 Å². The van der Waals surface area contributed by atoms with Crippen LogP contribution in [0.3, 0.4) is 0 Å². The highest BCUT2D eigenvalue weighted by Gasteiger charge is 2.09. The first-order valence-corrected chi connectivity index (χ1v) is 5.60. The van der Waals surface area contributed by atoms with Crippen LogP contribution in [0.15, 0.2) is 5.28 Å². The molecular weight excluding hydrogens is 210 g/mol. The lowest BCUT2D eigenvalue weighted by atomic mass is 10.3. The minimum Gasteiger partial charge on any atom is -0.737 e. The largest absolute Gasteiger partial charge is 0.737 e. The van der Waals surface area contributed by atoms with E-state index in [0.717, 1.165) is 13.0 Å². The van der Waals surface area contributed by atoms with Gasteiger partial charge in [0.05, 0.1) is 13.1 Å². The van der Waals surface area contributed by atoms with Crippen molar-refractivity contribution >= 4 is 0 Å². The predicted octanol–water partition coefficient (Wildman–Crippen LogP) is 0.401. The standard InChI is InChI=1S/C9H23N5O2/c1-9(2)11-6-4-8-13(7-3-5-10)14(16)12-15/h9,11,15H,3-8,10H2,1-2H3/p-1/b14-12-. The molecule has 0 saturated heterocycles. The van der Waals surface area contributed by atoms with Gasteiger partial charge in [-0.15, -0.1) is 5.01 Å².